The van der Waals surface area contributed by atoms with E-state index < -0.39 is 5.97 Å². The van der Waals surface area contributed by atoms with E-state index in [0.29, 0.717) is 6.04 Å². The Labute approximate surface area is 117 Å². The van der Waals surface area contributed by atoms with Gasteiger partial charge in [0.2, 0.25) is 0 Å². The lowest BCUT2D eigenvalue weighted by Gasteiger charge is -2.21. The Morgan fingerprint density at radius 1 is 1.58 bits per heavy atom. The van der Waals surface area contributed by atoms with Crippen molar-refractivity contribution in [3.8, 4) is 0 Å². The molecule has 0 aliphatic carbocycles. The molecule has 104 valence electrons. The number of nitrogens with zero attached hydrogens (tertiary/aromatic N) is 2. The summed E-state index contributed by atoms with van der Waals surface area (Å²) in [6.45, 7) is 3.00. The van der Waals surface area contributed by atoms with Crippen LogP contribution in [0.3, 0.4) is 0 Å². The zero-order chi connectivity index (χ0) is 13.4. The van der Waals surface area contributed by atoms with Crippen LogP contribution in [0.4, 0.5) is 0 Å². The second-order valence-corrected chi connectivity index (χ2v) is 6.58. The predicted molar refractivity (Wildman–Crippen MR) is 74.2 cm³/mol. The lowest BCUT2D eigenvalue weighted by Crippen LogP contribution is -2.32. The Balaban J connectivity index is 1.68. The Bertz CT molecular complexity index is 474. The van der Waals surface area contributed by atoms with Gasteiger partial charge in [0.1, 0.15) is 0 Å². The first-order chi connectivity index (χ1) is 9.19. The van der Waals surface area contributed by atoms with Crippen LogP contribution in [-0.2, 0) is 17.8 Å². The minimum absolute atomic E-state index is 0.160. The standard InChI is InChI=1S/C14H20N2O2S/c1-2-3-13-15-9(8-19-13)7-16-10-4-5-12(16)11(6-10)14(17)18/h8,10-12H,2-7H2,1H3,(H,17,18). The summed E-state index contributed by atoms with van der Waals surface area (Å²) in [5, 5.41) is 12.6. The summed E-state index contributed by atoms with van der Waals surface area (Å²) in [5.41, 5.74) is 1.12. The number of thiazole rings is 1. The topological polar surface area (TPSA) is 53.4 Å². The molecule has 4 nitrogen and oxygen atoms in total. The first kappa shape index (κ1) is 13.1. The van der Waals surface area contributed by atoms with Gasteiger partial charge >= 0.3 is 5.97 Å². The van der Waals surface area contributed by atoms with Gasteiger partial charge in [-0.2, -0.15) is 0 Å². The van der Waals surface area contributed by atoms with Crippen molar-refractivity contribution in [3.05, 3.63) is 16.1 Å². The molecule has 0 amide bonds. The molecule has 3 rings (SSSR count). The van der Waals surface area contributed by atoms with E-state index in [1.807, 2.05) is 0 Å². The van der Waals surface area contributed by atoms with E-state index in [-0.39, 0.29) is 12.0 Å². The molecule has 2 fully saturated rings. The van der Waals surface area contributed by atoms with Crippen molar-refractivity contribution < 1.29 is 9.90 Å². The highest BCUT2D eigenvalue weighted by molar-refractivity contribution is 7.09. The number of aliphatic carboxylic acids is 1. The van der Waals surface area contributed by atoms with Crippen molar-refractivity contribution in [1.82, 2.24) is 9.88 Å². The highest BCUT2D eigenvalue weighted by Gasteiger charge is 2.49. The second-order valence-electron chi connectivity index (χ2n) is 5.63. The van der Waals surface area contributed by atoms with Gasteiger partial charge in [0.05, 0.1) is 16.6 Å². The van der Waals surface area contributed by atoms with Crippen LogP contribution in [0.5, 0.6) is 0 Å². The lowest BCUT2D eigenvalue weighted by molar-refractivity contribution is -0.142. The molecule has 2 aliphatic heterocycles. The van der Waals surface area contributed by atoms with Gasteiger partial charge in [-0.15, -0.1) is 11.3 Å². The number of hydrogen-bond donors (Lipinski definition) is 1. The maximum atomic E-state index is 11.2. The van der Waals surface area contributed by atoms with E-state index in [1.165, 1.54) is 5.01 Å². The minimum atomic E-state index is -0.623. The quantitative estimate of drug-likeness (QED) is 0.900. The van der Waals surface area contributed by atoms with Crippen LogP contribution >= 0.6 is 11.3 Å². The van der Waals surface area contributed by atoms with Crippen molar-refractivity contribution in [2.45, 2.75) is 57.7 Å². The molecule has 1 aromatic rings. The van der Waals surface area contributed by atoms with E-state index in [9.17, 15) is 9.90 Å². The van der Waals surface area contributed by atoms with Crippen LogP contribution in [0.1, 0.15) is 43.3 Å². The molecule has 0 radical (unpaired) electrons. The number of rotatable bonds is 5. The Morgan fingerprint density at radius 2 is 2.42 bits per heavy atom. The van der Waals surface area contributed by atoms with Gasteiger partial charge in [0.15, 0.2) is 0 Å². The number of aromatic nitrogens is 1. The number of carboxylic acids is 1. The third-order valence-corrected chi connectivity index (χ3v) is 5.36. The van der Waals surface area contributed by atoms with Gasteiger partial charge in [-0.3, -0.25) is 9.69 Å². The molecule has 3 unspecified atom stereocenters. The summed E-state index contributed by atoms with van der Waals surface area (Å²) in [4.78, 5) is 18.3. The first-order valence-electron chi connectivity index (χ1n) is 7.11. The fourth-order valence-corrected chi connectivity index (χ4v) is 4.44. The molecule has 1 aromatic heterocycles. The van der Waals surface area contributed by atoms with Gasteiger partial charge in [-0.25, -0.2) is 4.98 Å². The maximum absolute atomic E-state index is 11.2. The number of aryl methyl sites for hydroxylation is 1. The van der Waals surface area contributed by atoms with Gasteiger partial charge in [-0.05, 0) is 32.1 Å². The van der Waals surface area contributed by atoms with Gasteiger partial charge < -0.3 is 5.11 Å². The van der Waals surface area contributed by atoms with Gasteiger partial charge in [0, 0.05) is 24.0 Å². The highest BCUT2D eigenvalue weighted by Crippen LogP contribution is 2.42. The summed E-state index contributed by atoms with van der Waals surface area (Å²) in [6, 6.07) is 0.696. The van der Waals surface area contributed by atoms with Crippen molar-refractivity contribution in [3.63, 3.8) is 0 Å². The Hall–Kier alpha value is -0.940. The fourth-order valence-electron chi connectivity index (χ4n) is 3.55. The number of hydrogen-bond acceptors (Lipinski definition) is 4. The number of carbonyl (C=O) groups is 1. The SMILES string of the molecule is CCCc1nc(CN2C3CCC2C(C(=O)O)C3)cs1. The summed E-state index contributed by atoms with van der Waals surface area (Å²) < 4.78 is 0. The van der Waals surface area contributed by atoms with Crippen LogP contribution in [-0.4, -0.2) is 33.0 Å². The zero-order valence-corrected chi connectivity index (χ0v) is 12.0. The monoisotopic (exact) mass is 280 g/mol. The summed E-state index contributed by atoms with van der Waals surface area (Å²) >= 11 is 1.73. The molecule has 2 aliphatic rings. The Morgan fingerprint density at radius 3 is 3.11 bits per heavy atom. The second kappa shape index (κ2) is 5.21. The third kappa shape index (κ3) is 2.41. The molecular formula is C14H20N2O2S. The van der Waals surface area contributed by atoms with Crippen LogP contribution < -0.4 is 0 Å². The number of fused-ring (bicyclic) bond motifs is 2. The third-order valence-electron chi connectivity index (χ3n) is 4.41. The molecule has 5 heteroatoms. The molecule has 3 atom stereocenters. The molecule has 2 bridgehead atoms. The average molecular weight is 280 g/mol. The first-order valence-corrected chi connectivity index (χ1v) is 7.98. The van der Waals surface area contributed by atoms with Crippen LogP contribution in [0, 0.1) is 5.92 Å². The van der Waals surface area contributed by atoms with Crippen LogP contribution in [0.2, 0.25) is 0 Å². The van der Waals surface area contributed by atoms with Crippen molar-refractivity contribution in [1.29, 1.82) is 0 Å². The summed E-state index contributed by atoms with van der Waals surface area (Å²) in [7, 11) is 0. The normalized spacial score (nSPS) is 30.1. The molecule has 0 spiro atoms. The summed E-state index contributed by atoms with van der Waals surface area (Å²) in [6.07, 6.45) is 5.19. The molecule has 19 heavy (non-hydrogen) atoms. The minimum Gasteiger partial charge on any atom is -0.481 e. The molecule has 0 saturated carbocycles. The van der Waals surface area contributed by atoms with Crippen molar-refractivity contribution in [2.75, 3.05) is 0 Å². The summed E-state index contributed by atoms with van der Waals surface area (Å²) in [5.74, 6) is -0.783. The average Bonchev–Trinajstić information content (AvgIpc) is 3.06. The van der Waals surface area contributed by atoms with E-state index in [0.717, 1.165) is 44.3 Å². The smallest absolute Gasteiger partial charge is 0.308 e. The fraction of sp³-hybridized carbons (Fsp3) is 0.714. The van der Waals surface area contributed by atoms with Gasteiger partial charge in [-0.1, -0.05) is 6.92 Å². The van der Waals surface area contributed by atoms with Crippen molar-refractivity contribution in [2.24, 2.45) is 5.92 Å². The molecule has 3 heterocycles. The van der Waals surface area contributed by atoms with Gasteiger partial charge in [0.25, 0.3) is 0 Å². The number of carboxylic acid groups (broad SMARTS) is 1. The zero-order valence-electron chi connectivity index (χ0n) is 11.2. The van der Waals surface area contributed by atoms with Crippen LogP contribution in [0.25, 0.3) is 0 Å². The van der Waals surface area contributed by atoms with E-state index in [4.69, 9.17) is 0 Å². The van der Waals surface area contributed by atoms with E-state index >= 15 is 0 Å². The van der Waals surface area contributed by atoms with Crippen LogP contribution in [0.15, 0.2) is 5.38 Å². The maximum Gasteiger partial charge on any atom is 0.308 e. The Kier molecular flexibility index (Phi) is 3.58. The predicted octanol–water partition coefficient (Wildman–Crippen LogP) is 2.53. The van der Waals surface area contributed by atoms with E-state index in [2.05, 4.69) is 22.2 Å². The van der Waals surface area contributed by atoms with Crippen molar-refractivity contribution >= 4 is 17.3 Å². The molecule has 0 aromatic carbocycles. The highest BCUT2D eigenvalue weighted by atomic mass is 32.1. The lowest BCUT2D eigenvalue weighted by atomic mass is 9.89. The molecule has 2 saturated heterocycles. The molecular weight excluding hydrogens is 260 g/mol. The largest absolute Gasteiger partial charge is 0.481 e. The van der Waals surface area contributed by atoms with E-state index in [1.54, 1.807) is 11.3 Å². The molecule has 1 N–H and O–H groups in total.